The van der Waals surface area contributed by atoms with Gasteiger partial charge in [-0.05, 0) is 43.9 Å². The molecule has 0 bridgehead atoms. The highest BCUT2D eigenvalue weighted by molar-refractivity contribution is 6.03. The predicted molar refractivity (Wildman–Crippen MR) is 94.9 cm³/mol. The number of carbonyl (C=O) groups is 2. The van der Waals surface area contributed by atoms with Crippen molar-refractivity contribution in [3.8, 4) is 0 Å². The third kappa shape index (κ3) is 5.52. The summed E-state index contributed by atoms with van der Waals surface area (Å²) in [5, 5.41) is 2.83. The second-order valence-corrected chi connectivity index (χ2v) is 5.96. The maximum Gasteiger partial charge on any atom is 0.255 e. The summed E-state index contributed by atoms with van der Waals surface area (Å²) in [6, 6.07) is 7.21. The molecular weight excluding hydrogens is 314 g/mol. The smallest absolute Gasteiger partial charge is 0.255 e. The summed E-state index contributed by atoms with van der Waals surface area (Å²) in [5.41, 5.74) is 6.57. The number of hydrogen-bond acceptors (Lipinski definition) is 3. The Kier molecular flexibility index (Phi) is 8.06. The Balaban J connectivity index is 0.00000264. The first-order chi connectivity index (χ1) is 10.6. The first kappa shape index (κ1) is 19.5. The van der Waals surface area contributed by atoms with Crippen LogP contribution in [0.2, 0.25) is 0 Å². The van der Waals surface area contributed by atoms with Gasteiger partial charge in [0.05, 0.1) is 11.3 Å². The second-order valence-electron chi connectivity index (χ2n) is 5.96. The molecule has 0 radical (unpaired) electrons. The van der Waals surface area contributed by atoms with Crippen LogP contribution < -0.4 is 11.1 Å². The molecule has 1 aromatic rings. The van der Waals surface area contributed by atoms with Crippen molar-refractivity contribution in [2.24, 2.45) is 11.7 Å². The van der Waals surface area contributed by atoms with Crippen LogP contribution in [0, 0.1) is 5.92 Å². The van der Waals surface area contributed by atoms with Crippen LogP contribution in [0.25, 0.3) is 0 Å². The Hall–Kier alpha value is -1.59. The number of hydrogen-bond donors (Lipinski definition) is 2. The Labute approximate surface area is 144 Å². The number of benzene rings is 1. The zero-order chi connectivity index (χ0) is 15.9. The number of nitrogens with zero attached hydrogens (tertiary/aromatic N) is 1. The van der Waals surface area contributed by atoms with E-state index in [4.69, 9.17) is 5.73 Å². The fraction of sp³-hybridized carbons (Fsp3) is 0.529. The van der Waals surface area contributed by atoms with Gasteiger partial charge in [-0.2, -0.15) is 0 Å². The van der Waals surface area contributed by atoms with Gasteiger partial charge in [0, 0.05) is 19.5 Å². The van der Waals surface area contributed by atoms with Crippen molar-refractivity contribution >= 4 is 29.9 Å². The SMILES string of the molecule is CC1CCN(C(=O)c2ccccc2NC(=O)CCCN)CC1.Cl. The Morgan fingerprint density at radius 3 is 2.57 bits per heavy atom. The quantitative estimate of drug-likeness (QED) is 0.866. The molecule has 2 rings (SSSR count). The molecule has 0 unspecified atom stereocenters. The molecule has 1 saturated heterocycles. The van der Waals surface area contributed by atoms with Crippen LogP contribution in [0.4, 0.5) is 5.69 Å². The molecule has 1 aliphatic heterocycles. The van der Waals surface area contributed by atoms with Crippen molar-refractivity contribution in [3.05, 3.63) is 29.8 Å². The summed E-state index contributed by atoms with van der Waals surface area (Å²) < 4.78 is 0. The lowest BCUT2D eigenvalue weighted by molar-refractivity contribution is -0.116. The van der Waals surface area contributed by atoms with Gasteiger partial charge in [-0.25, -0.2) is 0 Å². The van der Waals surface area contributed by atoms with Crippen molar-refractivity contribution in [2.45, 2.75) is 32.6 Å². The number of piperidine rings is 1. The number of amides is 2. The van der Waals surface area contributed by atoms with Gasteiger partial charge >= 0.3 is 0 Å². The number of nitrogens with one attached hydrogen (secondary N) is 1. The molecule has 0 spiro atoms. The minimum atomic E-state index is -0.0991. The van der Waals surface area contributed by atoms with E-state index in [2.05, 4.69) is 12.2 Å². The van der Waals surface area contributed by atoms with E-state index in [1.54, 1.807) is 12.1 Å². The summed E-state index contributed by atoms with van der Waals surface area (Å²) in [6.07, 6.45) is 3.10. The minimum absolute atomic E-state index is 0. The van der Waals surface area contributed by atoms with Crippen molar-refractivity contribution in [1.29, 1.82) is 0 Å². The van der Waals surface area contributed by atoms with Crippen molar-refractivity contribution < 1.29 is 9.59 Å². The highest BCUT2D eigenvalue weighted by Gasteiger charge is 2.23. The van der Waals surface area contributed by atoms with Gasteiger partial charge in [-0.15, -0.1) is 12.4 Å². The molecule has 1 aliphatic rings. The topological polar surface area (TPSA) is 75.4 Å². The molecule has 2 amide bonds. The van der Waals surface area contributed by atoms with E-state index in [1.807, 2.05) is 17.0 Å². The lowest BCUT2D eigenvalue weighted by atomic mass is 9.98. The third-order valence-corrected chi connectivity index (χ3v) is 4.11. The lowest BCUT2D eigenvalue weighted by Crippen LogP contribution is -2.38. The number of rotatable bonds is 5. The predicted octanol–water partition coefficient (Wildman–Crippen LogP) is 2.66. The third-order valence-electron chi connectivity index (χ3n) is 4.11. The molecule has 128 valence electrons. The maximum atomic E-state index is 12.7. The van der Waals surface area contributed by atoms with E-state index < -0.39 is 0 Å². The molecule has 0 atom stereocenters. The van der Waals surface area contributed by atoms with Crippen LogP contribution in [0.5, 0.6) is 0 Å². The van der Waals surface area contributed by atoms with E-state index >= 15 is 0 Å². The average Bonchev–Trinajstić information content (AvgIpc) is 2.53. The molecule has 0 saturated carbocycles. The van der Waals surface area contributed by atoms with Crippen LogP contribution in [0.1, 0.15) is 43.0 Å². The molecule has 23 heavy (non-hydrogen) atoms. The van der Waals surface area contributed by atoms with Gasteiger partial charge in [0.2, 0.25) is 5.91 Å². The summed E-state index contributed by atoms with van der Waals surface area (Å²) >= 11 is 0. The number of para-hydroxylation sites is 1. The normalized spacial score (nSPS) is 15.0. The van der Waals surface area contributed by atoms with Crippen molar-refractivity contribution in [2.75, 3.05) is 25.0 Å². The molecule has 6 heteroatoms. The zero-order valence-corrected chi connectivity index (χ0v) is 14.4. The van der Waals surface area contributed by atoms with Crippen LogP contribution in [0.15, 0.2) is 24.3 Å². The Bertz CT molecular complexity index is 528. The monoisotopic (exact) mass is 339 g/mol. The molecule has 5 nitrogen and oxygen atoms in total. The molecule has 1 heterocycles. The van der Waals surface area contributed by atoms with Crippen LogP contribution in [-0.4, -0.2) is 36.3 Å². The van der Waals surface area contributed by atoms with Crippen LogP contribution in [-0.2, 0) is 4.79 Å². The maximum absolute atomic E-state index is 12.7. The number of halogens is 1. The van der Waals surface area contributed by atoms with Gasteiger partial charge in [0.1, 0.15) is 0 Å². The molecule has 1 fully saturated rings. The fourth-order valence-corrected chi connectivity index (χ4v) is 2.64. The number of nitrogens with two attached hydrogens (primary N) is 1. The molecule has 1 aromatic carbocycles. The highest BCUT2D eigenvalue weighted by Crippen LogP contribution is 2.22. The van der Waals surface area contributed by atoms with E-state index in [0.717, 1.165) is 25.9 Å². The Morgan fingerprint density at radius 2 is 1.91 bits per heavy atom. The van der Waals surface area contributed by atoms with E-state index in [-0.39, 0.29) is 24.2 Å². The number of anilines is 1. The van der Waals surface area contributed by atoms with Crippen molar-refractivity contribution in [3.63, 3.8) is 0 Å². The first-order valence-electron chi connectivity index (χ1n) is 8.00. The largest absolute Gasteiger partial charge is 0.339 e. The Morgan fingerprint density at radius 1 is 1.26 bits per heavy atom. The van der Waals surface area contributed by atoms with Gasteiger partial charge in [0.15, 0.2) is 0 Å². The fourth-order valence-electron chi connectivity index (χ4n) is 2.64. The van der Waals surface area contributed by atoms with Crippen molar-refractivity contribution in [1.82, 2.24) is 4.90 Å². The molecule has 3 N–H and O–H groups in total. The minimum Gasteiger partial charge on any atom is -0.339 e. The molecular formula is C17H26ClN3O2. The highest BCUT2D eigenvalue weighted by atomic mass is 35.5. The summed E-state index contributed by atoms with van der Waals surface area (Å²) in [6.45, 7) is 4.28. The van der Waals surface area contributed by atoms with Gasteiger partial charge in [-0.3, -0.25) is 9.59 Å². The first-order valence-corrected chi connectivity index (χ1v) is 8.00. The lowest BCUT2D eigenvalue weighted by Gasteiger charge is -2.30. The number of carbonyl (C=O) groups excluding carboxylic acids is 2. The summed E-state index contributed by atoms with van der Waals surface area (Å²) in [7, 11) is 0. The van der Waals surface area contributed by atoms with E-state index in [1.165, 1.54) is 0 Å². The zero-order valence-electron chi connectivity index (χ0n) is 13.6. The van der Waals surface area contributed by atoms with Gasteiger partial charge in [-0.1, -0.05) is 19.1 Å². The van der Waals surface area contributed by atoms with Crippen LogP contribution >= 0.6 is 12.4 Å². The van der Waals surface area contributed by atoms with E-state index in [9.17, 15) is 9.59 Å². The second kappa shape index (κ2) is 9.53. The molecule has 0 aliphatic carbocycles. The molecule has 0 aromatic heterocycles. The van der Waals surface area contributed by atoms with E-state index in [0.29, 0.717) is 36.6 Å². The standard InChI is InChI=1S/C17H25N3O2.ClH/c1-13-8-11-20(12-9-13)17(22)14-5-2-3-6-15(14)19-16(21)7-4-10-18;/h2-3,5-6,13H,4,7-12,18H2,1H3,(H,19,21);1H. The summed E-state index contributed by atoms with van der Waals surface area (Å²) in [4.78, 5) is 26.4. The summed E-state index contributed by atoms with van der Waals surface area (Å²) in [5.74, 6) is 0.579. The number of likely N-dealkylation sites (tertiary alicyclic amines) is 1. The average molecular weight is 340 g/mol. The van der Waals surface area contributed by atoms with Gasteiger partial charge < -0.3 is 16.0 Å². The van der Waals surface area contributed by atoms with Gasteiger partial charge in [0.25, 0.3) is 5.91 Å². The van der Waals surface area contributed by atoms with Crippen LogP contribution in [0.3, 0.4) is 0 Å².